The molecule has 0 aromatic carbocycles. The van der Waals surface area contributed by atoms with Crippen molar-refractivity contribution in [1.29, 1.82) is 0 Å². The Balaban J connectivity index is 2.71. The molecule has 0 aliphatic carbocycles. The lowest BCUT2D eigenvalue weighted by Crippen LogP contribution is -2.52. The van der Waals surface area contributed by atoms with E-state index in [1.165, 1.54) is 25.8 Å². The molecule has 1 aliphatic rings. The Labute approximate surface area is 83.3 Å². The standard InChI is InChI=1S/C12H25N/c1-6-12(5)9-11(4,10(2)3)7-8-13-12/h10,13H,6-9H2,1-5H3. The van der Waals surface area contributed by atoms with Crippen LogP contribution in [0.1, 0.15) is 53.9 Å². The Morgan fingerprint density at radius 2 is 1.92 bits per heavy atom. The maximum Gasteiger partial charge on any atom is 0.0156 e. The topological polar surface area (TPSA) is 12.0 Å². The first-order valence-corrected chi connectivity index (χ1v) is 5.67. The van der Waals surface area contributed by atoms with Gasteiger partial charge in [-0.2, -0.15) is 0 Å². The summed E-state index contributed by atoms with van der Waals surface area (Å²) in [5.74, 6) is 0.806. The van der Waals surface area contributed by atoms with Gasteiger partial charge in [-0.3, -0.25) is 0 Å². The molecular formula is C12H25N. The van der Waals surface area contributed by atoms with Crippen molar-refractivity contribution in [1.82, 2.24) is 5.32 Å². The van der Waals surface area contributed by atoms with Gasteiger partial charge in [-0.1, -0.05) is 27.7 Å². The van der Waals surface area contributed by atoms with Gasteiger partial charge in [0.05, 0.1) is 0 Å². The van der Waals surface area contributed by atoms with Crippen LogP contribution in [0.25, 0.3) is 0 Å². The summed E-state index contributed by atoms with van der Waals surface area (Å²) in [5, 5.41) is 3.66. The van der Waals surface area contributed by atoms with Crippen LogP contribution in [0, 0.1) is 11.3 Å². The van der Waals surface area contributed by atoms with Crippen molar-refractivity contribution in [3.8, 4) is 0 Å². The molecule has 78 valence electrons. The summed E-state index contributed by atoms with van der Waals surface area (Å²) >= 11 is 0. The van der Waals surface area contributed by atoms with Crippen molar-refractivity contribution >= 4 is 0 Å². The summed E-state index contributed by atoms with van der Waals surface area (Å²) in [6, 6.07) is 0. The average molecular weight is 183 g/mol. The highest BCUT2D eigenvalue weighted by atomic mass is 15.0. The van der Waals surface area contributed by atoms with Gasteiger partial charge in [0.2, 0.25) is 0 Å². The quantitative estimate of drug-likeness (QED) is 0.693. The van der Waals surface area contributed by atoms with Gasteiger partial charge in [-0.25, -0.2) is 0 Å². The molecule has 2 atom stereocenters. The van der Waals surface area contributed by atoms with Gasteiger partial charge in [-0.05, 0) is 44.1 Å². The monoisotopic (exact) mass is 183 g/mol. The van der Waals surface area contributed by atoms with Crippen LogP contribution in [-0.2, 0) is 0 Å². The number of hydrogen-bond donors (Lipinski definition) is 1. The zero-order valence-corrected chi connectivity index (χ0v) is 9.91. The maximum atomic E-state index is 3.66. The van der Waals surface area contributed by atoms with E-state index in [1.54, 1.807) is 0 Å². The van der Waals surface area contributed by atoms with Crippen LogP contribution in [0.5, 0.6) is 0 Å². The fourth-order valence-electron chi connectivity index (χ4n) is 2.43. The van der Waals surface area contributed by atoms with Gasteiger partial charge >= 0.3 is 0 Å². The van der Waals surface area contributed by atoms with Crippen molar-refractivity contribution in [2.45, 2.75) is 59.4 Å². The average Bonchev–Trinajstić information content (AvgIpc) is 2.04. The SMILES string of the molecule is CCC1(C)CC(C)(C(C)C)CCN1. The van der Waals surface area contributed by atoms with Gasteiger partial charge in [-0.15, -0.1) is 0 Å². The fraction of sp³-hybridized carbons (Fsp3) is 1.00. The van der Waals surface area contributed by atoms with Crippen molar-refractivity contribution in [3.63, 3.8) is 0 Å². The van der Waals surface area contributed by atoms with Gasteiger partial charge in [0.25, 0.3) is 0 Å². The fourth-order valence-corrected chi connectivity index (χ4v) is 2.43. The molecule has 1 aliphatic heterocycles. The summed E-state index contributed by atoms with van der Waals surface area (Å²) in [4.78, 5) is 0. The lowest BCUT2D eigenvalue weighted by atomic mass is 9.65. The minimum Gasteiger partial charge on any atom is -0.311 e. The number of hydrogen-bond acceptors (Lipinski definition) is 1. The van der Waals surface area contributed by atoms with Crippen molar-refractivity contribution in [2.24, 2.45) is 11.3 Å². The minimum absolute atomic E-state index is 0.386. The number of rotatable bonds is 2. The van der Waals surface area contributed by atoms with Crippen LogP contribution in [-0.4, -0.2) is 12.1 Å². The molecule has 1 saturated heterocycles. The maximum absolute atomic E-state index is 3.66. The van der Waals surface area contributed by atoms with E-state index in [0.29, 0.717) is 11.0 Å². The predicted molar refractivity (Wildman–Crippen MR) is 58.9 cm³/mol. The highest BCUT2D eigenvalue weighted by Gasteiger charge is 2.39. The summed E-state index contributed by atoms with van der Waals surface area (Å²) in [6.07, 6.45) is 3.91. The summed E-state index contributed by atoms with van der Waals surface area (Å²) < 4.78 is 0. The Bertz CT molecular complexity index is 176. The smallest absolute Gasteiger partial charge is 0.0156 e. The van der Waals surface area contributed by atoms with E-state index in [2.05, 4.69) is 39.9 Å². The predicted octanol–water partition coefficient (Wildman–Crippen LogP) is 3.20. The molecule has 0 amide bonds. The highest BCUT2D eigenvalue weighted by molar-refractivity contribution is 4.95. The van der Waals surface area contributed by atoms with Gasteiger partial charge in [0.15, 0.2) is 0 Å². The van der Waals surface area contributed by atoms with Crippen molar-refractivity contribution in [3.05, 3.63) is 0 Å². The van der Waals surface area contributed by atoms with E-state index in [4.69, 9.17) is 0 Å². The highest BCUT2D eigenvalue weighted by Crippen LogP contribution is 2.42. The molecule has 0 aromatic heterocycles. The van der Waals surface area contributed by atoms with Crippen LogP contribution in [0.4, 0.5) is 0 Å². The first-order valence-electron chi connectivity index (χ1n) is 5.67. The third-order valence-corrected chi connectivity index (χ3v) is 4.22. The van der Waals surface area contributed by atoms with Gasteiger partial charge < -0.3 is 5.32 Å². The minimum atomic E-state index is 0.386. The molecule has 1 fully saturated rings. The normalized spacial score (nSPS) is 41.1. The van der Waals surface area contributed by atoms with Crippen LogP contribution in [0.15, 0.2) is 0 Å². The van der Waals surface area contributed by atoms with Crippen molar-refractivity contribution in [2.75, 3.05) is 6.54 Å². The second-order valence-corrected chi connectivity index (χ2v) is 5.58. The Kier molecular flexibility index (Phi) is 3.06. The molecule has 1 N–H and O–H groups in total. The zero-order chi connectivity index (χ0) is 10.1. The third-order valence-electron chi connectivity index (χ3n) is 4.22. The Morgan fingerprint density at radius 1 is 1.31 bits per heavy atom. The van der Waals surface area contributed by atoms with Crippen LogP contribution in [0.2, 0.25) is 0 Å². The van der Waals surface area contributed by atoms with Crippen LogP contribution >= 0.6 is 0 Å². The largest absolute Gasteiger partial charge is 0.311 e. The molecule has 0 aromatic rings. The van der Waals surface area contributed by atoms with Crippen LogP contribution < -0.4 is 5.32 Å². The lowest BCUT2D eigenvalue weighted by Gasteiger charge is -2.47. The van der Waals surface area contributed by atoms with E-state index in [-0.39, 0.29) is 0 Å². The Hall–Kier alpha value is -0.0400. The molecule has 1 nitrogen and oxygen atoms in total. The molecule has 0 spiro atoms. The van der Waals surface area contributed by atoms with E-state index in [1.807, 2.05) is 0 Å². The molecule has 0 radical (unpaired) electrons. The molecule has 0 saturated carbocycles. The van der Waals surface area contributed by atoms with E-state index < -0.39 is 0 Å². The molecule has 2 unspecified atom stereocenters. The van der Waals surface area contributed by atoms with E-state index >= 15 is 0 Å². The molecule has 1 rings (SSSR count). The molecular weight excluding hydrogens is 158 g/mol. The Morgan fingerprint density at radius 3 is 2.38 bits per heavy atom. The number of nitrogens with one attached hydrogen (secondary N) is 1. The summed E-state index contributed by atoms with van der Waals surface area (Å²) in [6.45, 7) is 13.0. The second kappa shape index (κ2) is 3.61. The van der Waals surface area contributed by atoms with E-state index in [0.717, 1.165) is 5.92 Å². The van der Waals surface area contributed by atoms with Crippen LogP contribution in [0.3, 0.4) is 0 Å². The molecule has 1 heteroatoms. The molecule has 0 bridgehead atoms. The number of piperidine rings is 1. The lowest BCUT2D eigenvalue weighted by molar-refractivity contribution is 0.0778. The summed E-state index contributed by atoms with van der Waals surface area (Å²) in [7, 11) is 0. The molecule has 1 heterocycles. The third kappa shape index (κ3) is 2.25. The first kappa shape index (κ1) is 11.0. The summed E-state index contributed by atoms with van der Waals surface area (Å²) in [5.41, 5.74) is 0.938. The van der Waals surface area contributed by atoms with Gasteiger partial charge in [0.1, 0.15) is 0 Å². The van der Waals surface area contributed by atoms with Gasteiger partial charge in [0, 0.05) is 5.54 Å². The first-order chi connectivity index (χ1) is 5.92. The van der Waals surface area contributed by atoms with E-state index in [9.17, 15) is 0 Å². The second-order valence-electron chi connectivity index (χ2n) is 5.58. The zero-order valence-electron chi connectivity index (χ0n) is 9.91. The van der Waals surface area contributed by atoms with Crippen molar-refractivity contribution < 1.29 is 0 Å². The molecule has 13 heavy (non-hydrogen) atoms.